The summed E-state index contributed by atoms with van der Waals surface area (Å²) in [6.45, 7) is 3.10. The number of alkyl carbamates (subject to hydrolysis) is 1. The lowest BCUT2D eigenvalue weighted by Gasteiger charge is -2.41. The second-order valence-corrected chi connectivity index (χ2v) is 10.7. The summed E-state index contributed by atoms with van der Waals surface area (Å²) in [6.07, 6.45) is 1.34. The van der Waals surface area contributed by atoms with E-state index in [0.29, 0.717) is 71.5 Å². The van der Waals surface area contributed by atoms with E-state index in [9.17, 15) is 4.79 Å². The van der Waals surface area contributed by atoms with E-state index in [0.717, 1.165) is 11.1 Å². The van der Waals surface area contributed by atoms with Gasteiger partial charge in [0, 0.05) is 48.8 Å². The fraction of sp³-hybridized carbons (Fsp3) is 0.323. The van der Waals surface area contributed by atoms with E-state index >= 15 is 0 Å². The zero-order valence-corrected chi connectivity index (χ0v) is 24.1. The van der Waals surface area contributed by atoms with Crippen molar-refractivity contribution < 1.29 is 19.0 Å². The van der Waals surface area contributed by atoms with Crippen LogP contribution in [0.25, 0.3) is 10.9 Å². The Bertz CT molecular complexity index is 1510. The van der Waals surface area contributed by atoms with Crippen LogP contribution >= 0.6 is 11.6 Å². The van der Waals surface area contributed by atoms with Gasteiger partial charge in [-0.15, -0.1) is 0 Å². The number of halogens is 1. The second kappa shape index (κ2) is 12.1. The molecule has 1 aliphatic heterocycles. The lowest BCUT2D eigenvalue weighted by molar-refractivity contribution is -0.00841. The molecule has 1 unspecified atom stereocenters. The molecule has 0 saturated carbocycles. The van der Waals surface area contributed by atoms with Gasteiger partial charge in [-0.25, -0.2) is 9.78 Å². The molecule has 5 rings (SSSR count). The molecule has 0 aliphatic carbocycles. The van der Waals surface area contributed by atoms with Crippen LogP contribution in [0, 0.1) is 0 Å². The van der Waals surface area contributed by atoms with Crippen LogP contribution in [0.5, 0.6) is 11.5 Å². The summed E-state index contributed by atoms with van der Waals surface area (Å²) in [5, 5.41) is 4.32. The Morgan fingerprint density at radius 3 is 2.34 bits per heavy atom. The summed E-state index contributed by atoms with van der Waals surface area (Å²) in [6, 6.07) is 20.8. The second-order valence-electron chi connectivity index (χ2n) is 10.3. The van der Waals surface area contributed by atoms with Crippen molar-refractivity contribution in [3.8, 4) is 11.5 Å². The third-order valence-corrected chi connectivity index (χ3v) is 7.81. The van der Waals surface area contributed by atoms with Crippen LogP contribution in [-0.2, 0) is 11.2 Å². The average molecular weight is 576 g/mol. The normalized spacial score (nSPS) is 15.3. The van der Waals surface area contributed by atoms with Crippen molar-refractivity contribution in [1.82, 2.24) is 15.3 Å². The zero-order chi connectivity index (χ0) is 29.0. The van der Waals surface area contributed by atoms with Crippen LogP contribution in [0.3, 0.4) is 0 Å². The molecular weight excluding hydrogens is 542 g/mol. The number of nitrogens with zero attached hydrogens (tertiary/aromatic N) is 3. The lowest BCUT2D eigenvalue weighted by Crippen LogP contribution is -2.50. The van der Waals surface area contributed by atoms with E-state index < -0.39 is 11.7 Å². The molecule has 4 aromatic rings. The Morgan fingerprint density at radius 1 is 1.02 bits per heavy atom. The summed E-state index contributed by atoms with van der Waals surface area (Å²) in [4.78, 5) is 24.6. The molecule has 41 heavy (non-hydrogen) atoms. The monoisotopic (exact) mass is 575 g/mol. The average Bonchev–Trinajstić information content (AvgIpc) is 2.97. The van der Waals surface area contributed by atoms with E-state index in [2.05, 4.69) is 27.3 Å². The number of piperidine rings is 1. The zero-order valence-electron chi connectivity index (χ0n) is 23.4. The molecule has 3 N–H and O–H groups in total. The Hall–Kier alpha value is -4.24. The number of amides is 1. The molecule has 0 bridgehead atoms. The molecule has 9 nitrogen and oxygen atoms in total. The number of carbonyl (C=O) groups excluding carboxylic acids is 1. The molecule has 214 valence electrons. The first-order valence-electron chi connectivity index (χ1n) is 13.5. The number of hydrogen-bond donors (Lipinski definition) is 2. The minimum atomic E-state index is -0.694. The number of anilines is 2. The number of fused-ring (bicyclic) bond motifs is 1. The van der Waals surface area contributed by atoms with Crippen molar-refractivity contribution in [3.05, 3.63) is 82.9 Å². The molecule has 2 heterocycles. The smallest absolute Gasteiger partial charge is 0.408 e. The number of benzene rings is 3. The number of carbonyl (C=O) groups is 1. The minimum absolute atomic E-state index is 0.238. The van der Waals surface area contributed by atoms with Crippen molar-refractivity contribution in [2.75, 3.05) is 37.9 Å². The Kier molecular flexibility index (Phi) is 8.35. The molecule has 0 spiro atoms. The van der Waals surface area contributed by atoms with Gasteiger partial charge >= 0.3 is 6.09 Å². The van der Waals surface area contributed by atoms with Gasteiger partial charge in [0.1, 0.15) is 11.4 Å². The SMILES string of the molecule is COc1cc2nc(N3CCC(Cc4ccccc4)(OC(=O)NC(C)c4ccc(Cl)cc4)CC3)nc(N)c2cc1OC. The fourth-order valence-corrected chi connectivity index (χ4v) is 5.37. The quantitative estimate of drug-likeness (QED) is 0.265. The van der Waals surface area contributed by atoms with Gasteiger partial charge < -0.3 is 30.2 Å². The molecular formula is C31H34ClN5O4. The number of nitrogen functional groups attached to an aromatic ring is 1. The third kappa shape index (κ3) is 6.41. The van der Waals surface area contributed by atoms with E-state index in [-0.39, 0.29) is 6.04 Å². The van der Waals surface area contributed by atoms with E-state index in [1.807, 2.05) is 37.3 Å². The van der Waals surface area contributed by atoms with Gasteiger partial charge in [0.2, 0.25) is 5.95 Å². The van der Waals surface area contributed by atoms with Gasteiger partial charge in [0.15, 0.2) is 11.5 Å². The van der Waals surface area contributed by atoms with Crippen molar-refractivity contribution in [2.45, 2.75) is 37.8 Å². The number of ether oxygens (including phenoxy) is 3. The maximum absolute atomic E-state index is 13.2. The summed E-state index contributed by atoms with van der Waals surface area (Å²) in [5.74, 6) is 2.01. The highest BCUT2D eigenvalue weighted by atomic mass is 35.5. The topological polar surface area (TPSA) is 112 Å². The van der Waals surface area contributed by atoms with Crippen molar-refractivity contribution in [3.63, 3.8) is 0 Å². The molecule has 1 saturated heterocycles. The van der Waals surface area contributed by atoms with Gasteiger partial charge in [0.05, 0.1) is 25.8 Å². The molecule has 1 aromatic heterocycles. The van der Waals surface area contributed by atoms with Crippen molar-refractivity contribution >= 4 is 40.4 Å². The van der Waals surface area contributed by atoms with E-state index in [1.165, 1.54) is 0 Å². The van der Waals surface area contributed by atoms with Crippen molar-refractivity contribution in [2.24, 2.45) is 0 Å². The predicted octanol–water partition coefficient (Wildman–Crippen LogP) is 5.95. The van der Waals surface area contributed by atoms with Gasteiger partial charge in [-0.1, -0.05) is 54.1 Å². The first-order chi connectivity index (χ1) is 19.8. The van der Waals surface area contributed by atoms with Crippen LogP contribution in [-0.4, -0.2) is 49.0 Å². The van der Waals surface area contributed by atoms with Crippen LogP contribution in [0.4, 0.5) is 16.6 Å². The number of hydrogen-bond acceptors (Lipinski definition) is 8. The predicted molar refractivity (Wildman–Crippen MR) is 161 cm³/mol. The highest BCUT2D eigenvalue weighted by molar-refractivity contribution is 6.30. The van der Waals surface area contributed by atoms with Gasteiger partial charge in [-0.3, -0.25) is 0 Å². The number of nitrogens with two attached hydrogens (primary N) is 1. The summed E-state index contributed by atoms with van der Waals surface area (Å²) < 4.78 is 17.1. The summed E-state index contributed by atoms with van der Waals surface area (Å²) in [5.41, 5.74) is 8.36. The molecule has 1 amide bonds. The minimum Gasteiger partial charge on any atom is -0.493 e. The highest BCUT2D eigenvalue weighted by Gasteiger charge is 2.39. The number of rotatable bonds is 8. The molecule has 1 fully saturated rings. The summed E-state index contributed by atoms with van der Waals surface area (Å²) in [7, 11) is 3.16. The highest BCUT2D eigenvalue weighted by Crippen LogP contribution is 2.36. The van der Waals surface area contributed by atoms with Crippen LogP contribution < -0.4 is 25.4 Å². The van der Waals surface area contributed by atoms with Gasteiger partial charge in [0.25, 0.3) is 0 Å². The molecule has 1 aliphatic rings. The summed E-state index contributed by atoms with van der Waals surface area (Å²) >= 11 is 6.02. The van der Waals surface area contributed by atoms with Crippen molar-refractivity contribution in [1.29, 1.82) is 0 Å². The Balaban J connectivity index is 1.34. The van der Waals surface area contributed by atoms with Crippen LogP contribution in [0.15, 0.2) is 66.7 Å². The van der Waals surface area contributed by atoms with Gasteiger partial charge in [-0.2, -0.15) is 4.98 Å². The fourth-order valence-electron chi connectivity index (χ4n) is 5.24. The third-order valence-electron chi connectivity index (χ3n) is 7.56. The molecule has 3 aromatic carbocycles. The standard InChI is InChI=1S/C31H34ClN5O4/c1-20(22-9-11-23(32)12-10-22)34-30(38)41-31(19-21-7-5-4-6-8-21)13-15-37(16-14-31)29-35-25-18-27(40-3)26(39-2)17-24(25)28(33)36-29/h4-12,17-18,20H,13-16,19H2,1-3H3,(H,34,38)(H2,33,35,36). The Labute approximate surface area is 244 Å². The van der Waals surface area contributed by atoms with Gasteiger partial charge in [-0.05, 0) is 36.2 Å². The maximum atomic E-state index is 13.2. The van der Waals surface area contributed by atoms with Crippen LogP contribution in [0.1, 0.15) is 36.9 Å². The number of nitrogens with one attached hydrogen (secondary N) is 1. The Morgan fingerprint density at radius 2 is 1.68 bits per heavy atom. The molecule has 1 atom stereocenters. The molecule has 0 radical (unpaired) electrons. The van der Waals surface area contributed by atoms with Crippen LogP contribution in [0.2, 0.25) is 5.02 Å². The first kappa shape index (κ1) is 28.3. The number of methoxy groups -OCH3 is 2. The maximum Gasteiger partial charge on any atom is 0.408 e. The molecule has 10 heteroatoms. The van der Waals surface area contributed by atoms with E-state index in [4.69, 9.17) is 36.5 Å². The largest absolute Gasteiger partial charge is 0.493 e. The number of aromatic nitrogens is 2. The first-order valence-corrected chi connectivity index (χ1v) is 13.9. The lowest BCUT2D eigenvalue weighted by atomic mass is 9.85. The van der Waals surface area contributed by atoms with E-state index in [1.54, 1.807) is 38.5 Å².